The molecule has 1 aliphatic rings. The molecule has 0 amide bonds. The van der Waals surface area contributed by atoms with Gasteiger partial charge in [0.1, 0.15) is 0 Å². The Bertz CT molecular complexity index is 686. The molecule has 0 fully saturated rings. The van der Waals surface area contributed by atoms with Gasteiger partial charge in [0.05, 0.1) is 12.7 Å². The average Bonchev–Trinajstić information content (AvgIpc) is 3.02. The second kappa shape index (κ2) is 5.71. The van der Waals surface area contributed by atoms with Crippen molar-refractivity contribution in [1.29, 1.82) is 0 Å². The first-order chi connectivity index (χ1) is 10.3. The molecule has 0 saturated heterocycles. The molecule has 0 spiro atoms. The molecule has 0 saturated carbocycles. The first-order valence-corrected chi connectivity index (χ1v) is 6.53. The van der Waals surface area contributed by atoms with E-state index in [0.717, 1.165) is 22.6 Å². The normalized spacial score (nSPS) is 12.6. The Balaban J connectivity index is 1.80. The molecular weight excluding hydrogens is 268 g/mol. The van der Waals surface area contributed by atoms with E-state index in [4.69, 9.17) is 9.47 Å². The lowest BCUT2D eigenvalue weighted by Gasteiger charge is -2.01. The molecule has 21 heavy (non-hydrogen) atoms. The van der Waals surface area contributed by atoms with Crippen LogP contribution in [0, 0.1) is 0 Å². The maximum absolute atomic E-state index is 11.4. The van der Waals surface area contributed by atoms with Crippen molar-refractivity contribution in [3.63, 3.8) is 0 Å². The highest BCUT2D eigenvalue weighted by molar-refractivity contribution is 5.89. The van der Waals surface area contributed by atoms with Gasteiger partial charge in [-0.25, -0.2) is 4.79 Å². The Labute approximate surface area is 122 Å². The van der Waals surface area contributed by atoms with Gasteiger partial charge in [0.15, 0.2) is 11.5 Å². The molecule has 4 nitrogen and oxygen atoms in total. The van der Waals surface area contributed by atoms with Crippen LogP contribution in [0.3, 0.4) is 0 Å². The fourth-order valence-electron chi connectivity index (χ4n) is 2.12. The summed E-state index contributed by atoms with van der Waals surface area (Å²) in [5, 5.41) is 0. The standard InChI is InChI=1S/C17H14O4/c1-19-17(18)14-9-6-12(7-10-14)5-8-13-3-2-4-15-16(13)21-11-20-15/h2-10H,11H2,1H3/b8-5+. The lowest BCUT2D eigenvalue weighted by atomic mass is 10.1. The van der Waals surface area contributed by atoms with Crippen LogP contribution < -0.4 is 9.47 Å². The number of hydrogen-bond donors (Lipinski definition) is 0. The predicted octanol–water partition coefficient (Wildman–Crippen LogP) is 3.37. The summed E-state index contributed by atoms with van der Waals surface area (Å²) in [6.07, 6.45) is 3.92. The third kappa shape index (κ3) is 2.74. The molecule has 0 bridgehead atoms. The second-order valence-corrected chi connectivity index (χ2v) is 4.53. The topological polar surface area (TPSA) is 44.8 Å². The lowest BCUT2D eigenvalue weighted by molar-refractivity contribution is 0.0600. The summed E-state index contributed by atoms with van der Waals surface area (Å²) in [5.41, 5.74) is 2.48. The van der Waals surface area contributed by atoms with Crippen molar-refractivity contribution in [2.45, 2.75) is 0 Å². The number of methoxy groups -OCH3 is 1. The summed E-state index contributed by atoms with van der Waals surface area (Å²) >= 11 is 0. The van der Waals surface area contributed by atoms with E-state index in [1.807, 2.05) is 42.5 Å². The minimum absolute atomic E-state index is 0.258. The van der Waals surface area contributed by atoms with E-state index in [2.05, 4.69) is 4.74 Å². The Morgan fingerprint density at radius 1 is 1.10 bits per heavy atom. The minimum Gasteiger partial charge on any atom is -0.465 e. The maximum atomic E-state index is 11.4. The molecule has 1 heterocycles. The van der Waals surface area contributed by atoms with Gasteiger partial charge < -0.3 is 14.2 Å². The number of carbonyl (C=O) groups is 1. The molecule has 0 N–H and O–H groups in total. The highest BCUT2D eigenvalue weighted by atomic mass is 16.7. The molecular formula is C17H14O4. The molecule has 0 atom stereocenters. The van der Waals surface area contributed by atoms with Crippen molar-refractivity contribution in [2.75, 3.05) is 13.9 Å². The van der Waals surface area contributed by atoms with Crippen LogP contribution in [0.1, 0.15) is 21.5 Å². The summed E-state index contributed by atoms with van der Waals surface area (Å²) in [6, 6.07) is 13.0. The van der Waals surface area contributed by atoms with Crippen LogP contribution in [0.15, 0.2) is 42.5 Å². The largest absolute Gasteiger partial charge is 0.465 e. The number of para-hydroxylation sites is 1. The average molecular weight is 282 g/mol. The van der Waals surface area contributed by atoms with Gasteiger partial charge in [0, 0.05) is 5.56 Å². The zero-order valence-corrected chi connectivity index (χ0v) is 11.5. The Morgan fingerprint density at radius 2 is 1.90 bits per heavy atom. The Hall–Kier alpha value is -2.75. The van der Waals surface area contributed by atoms with Gasteiger partial charge in [0.25, 0.3) is 0 Å². The second-order valence-electron chi connectivity index (χ2n) is 4.53. The van der Waals surface area contributed by atoms with E-state index < -0.39 is 0 Å². The number of esters is 1. The summed E-state index contributed by atoms with van der Waals surface area (Å²) in [5.74, 6) is 1.19. The Kier molecular flexibility index (Phi) is 3.60. The van der Waals surface area contributed by atoms with Crippen LogP contribution in [0.4, 0.5) is 0 Å². The highest BCUT2D eigenvalue weighted by Gasteiger charge is 2.15. The predicted molar refractivity (Wildman–Crippen MR) is 79.3 cm³/mol. The van der Waals surface area contributed by atoms with Crippen molar-refractivity contribution in [1.82, 2.24) is 0 Å². The number of hydrogen-bond acceptors (Lipinski definition) is 4. The lowest BCUT2D eigenvalue weighted by Crippen LogP contribution is -2.00. The number of carbonyl (C=O) groups excluding carboxylic acids is 1. The SMILES string of the molecule is COC(=O)c1ccc(/C=C/c2cccc3c2OCO3)cc1. The third-order valence-corrected chi connectivity index (χ3v) is 3.21. The van der Waals surface area contributed by atoms with Crippen molar-refractivity contribution in [2.24, 2.45) is 0 Å². The molecule has 0 aliphatic carbocycles. The van der Waals surface area contributed by atoms with Gasteiger partial charge in [-0.15, -0.1) is 0 Å². The summed E-state index contributed by atoms with van der Waals surface area (Å²) in [4.78, 5) is 11.4. The molecule has 106 valence electrons. The molecule has 0 radical (unpaired) electrons. The maximum Gasteiger partial charge on any atom is 0.337 e. The van der Waals surface area contributed by atoms with Gasteiger partial charge in [-0.05, 0) is 23.8 Å². The zero-order valence-electron chi connectivity index (χ0n) is 11.5. The zero-order chi connectivity index (χ0) is 14.7. The van der Waals surface area contributed by atoms with E-state index in [1.54, 1.807) is 12.1 Å². The van der Waals surface area contributed by atoms with E-state index >= 15 is 0 Å². The van der Waals surface area contributed by atoms with Gasteiger partial charge in [-0.3, -0.25) is 0 Å². The molecule has 2 aromatic carbocycles. The van der Waals surface area contributed by atoms with Crippen LogP contribution in [-0.2, 0) is 4.74 Å². The van der Waals surface area contributed by atoms with E-state index in [9.17, 15) is 4.79 Å². The summed E-state index contributed by atoms with van der Waals surface area (Å²) < 4.78 is 15.5. The van der Waals surface area contributed by atoms with Crippen molar-refractivity contribution >= 4 is 18.1 Å². The minimum atomic E-state index is -0.336. The fourth-order valence-corrected chi connectivity index (χ4v) is 2.12. The van der Waals surface area contributed by atoms with Gasteiger partial charge in [0.2, 0.25) is 6.79 Å². The fraction of sp³-hybridized carbons (Fsp3) is 0.118. The van der Waals surface area contributed by atoms with Crippen molar-refractivity contribution in [3.05, 3.63) is 59.2 Å². The van der Waals surface area contributed by atoms with Crippen LogP contribution in [0.2, 0.25) is 0 Å². The van der Waals surface area contributed by atoms with E-state index in [-0.39, 0.29) is 12.8 Å². The highest BCUT2D eigenvalue weighted by Crippen LogP contribution is 2.36. The number of rotatable bonds is 3. The molecule has 2 aromatic rings. The van der Waals surface area contributed by atoms with Crippen LogP contribution in [0.25, 0.3) is 12.2 Å². The number of ether oxygens (including phenoxy) is 3. The molecule has 0 unspecified atom stereocenters. The third-order valence-electron chi connectivity index (χ3n) is 3.21. The van der Waals surface area contributed by atoms with Crippen LogP contribution in [0.5, 0.6) is 11.5 Å². The molecule has 1 aliphatic heterocycles. The number of fused-ring (bicyclic) bond motifs is 1. The van der Waals surface area contributed by atoms with Crippen molar-refractivity contribution < 1.29 is 19.0 Å². The molecule has 4 heteroatoms. The summed E-state index contributed by atoms with van der Waals surface area (Å²) in [6.45, 7) is 0.258. The Morgan fingerprint density at radius 3 is 2.67 bits per heavy atom. The van der Waals surface area contributed by atoms with Crippen LogP contribution >= 0.6 is 0 Å². The van der Waals surface area contributed by atoms with E-state index in [0.29, 0.717) is 5.56 Å². The smallest absolute Gasteiger partial charge is 0.337 e. The van der Waals surface area contributed by atoms with E-state index in [1.165, 1.54) is 7.11 Å². The number of benzene rings is 2. The monoisotopic (exact) mass is 282 g/mol. The summed E-state index contributed by atoms with van der Waals surface area (Å²) in [7, 11) is 1.37. The first kappa shape index (κ1) is 13.2. The molecule has 0 aromatic heterocycles. The van der Waals surface area contributed by atoms with Gasteiger partial charge in [-0.1, -0.05) is 36.4 Å². The van der Waals surface area contributed by atoms with Crippen molar-refractivity contribution in [3.8, 4) is 11.5 Å². The molecule has 3 rings (SSSR count). The van der Waals surface area contributed by atoms with Crippen LogP contribution in [-0.4, -0.2) is 19.9 Å². The first-order valence-electron chi connectivity index (χ1n) is 6.53. The quantitative estimate of drug-likeness (QED) is 0.639. The van der Waals surface area contributed by atoms with Gasteiger partial charge in [-0.2, -0.15) is 0 Å². The van der Waals surface area contributed by atoms with Gasteiger partial charge >= 0.3 is 5.97 Å².